The number of hydrogen-bond donors (Lipinski definition) is 2. The van der Waals surface area contributed by atoms with Gasteiger partial charge in [-0.15, -0.1) is 0 Å². The van der Waals surface area contributed by atoms with E-state index in [1.165, 1.54) is 0 Å². The van der Waals surface area contributed by atoms with Gasteiger partial charge in [0.15, 0.2) is 16.6 Å². The predicted molar refractivity (Wildman–Crippen MR) is 174 cm³/mol. The van der Waals surface area contributed by atoms with E-state index in [0.29, 0.717) is 38.5 Å². The monoisotopic (exact) mass is 640 g/mol. The van der Waals surface area contributed by atoms with E-state index in [-0.39, 0.29) is 22.6 Å². The van der Waals surface area contributed by atoms with E-state index < -0.39 is 40.2 Å². The number of hydrogen-bond acceptors (Lipinski definition) is 9. The van der Waals surface area contributed by atoms with Crippen LogP contribution in [0.15, 0.2) is 24.3 Å². The molecule has 0 saturated heterocycles. The van der Waals surface area contributed by atoms with E-state index in [4.69, 9.17) is 29.2 Å². The molecule has 0 bridgehead atoms. The molecule has 0 fully saturated rings. The van der Waals surface area contributed by atoms with Crippen molar-refractivity contribution in [2.24, 2.45) is 5.73 Å². The highest BCUT2D eigenvalue weighted by Crippen LogP contribution is 2.37. The number of carboxylic acids is 1. The van der Waals surface area contributed by atoms with Gasteiger partial charge in [0, 0.05) is 32.7 Å². The molecule has 1 rings (SSSR count). The molecule has 1 atom stereocenters. The van der Waals surface area contributed by atoms with Crippen molar-refractivity contribution >= 4 is 34.5 Å². The Kier molecular flexibility index (Phi) is 13.8. The van der Waals surface area contributed by atoms with Gasteiger partial charge < -0.3 is 29.2 Å². The summed E-state index contributed by atoms with van der Waals surface area (Å²) >= 11 is 0. The summed E-state index contributed by atoms with van der Waals surface area (Å²) in [5.74, 6) is -2.44. The lowest BCUT2D eigenvalue weighted by atomic mass is 9.98. The van der Waals surface area contributed by atoms with E-state index in [2.05, 4.69) is 67.7 Å². The van der Waals surface area contributed by atoms with Crippen molar-refractivity contribution in [3.05, 3.63) is 29.8 Å². The van der Waals surface area contributed by atoms with Crippen molar-refractivity contribution < 1.29 is 37.8 Å². The van der Waals surface area contributed by atoms with Crippen LogP contribution in [0.1, 0.15) is 61.0 Å². The van der Waals surface area contributed by atoms with Crippen LogP contribution in [0.4, 0.5) is 0 Å². The first-order valence-electron chi connectivity index (χ1n) is 14.9. The standard InChI is InChI=1S/C31H56N2O8Si2/c1-29(2,3)42(9,10)38-19-17-33(18-20-39-43(11,12)30(4,5)6)22-25(34)40-24-15-13-23(14-16-24)21-31(7,8)41-28(37)26(32)27(35)36/h13-16,26H,17-22,32H2,1-12H3,(H,35,36)/t26-/m1/s1. The number of esters is 2. The van der Waals surface area contributed by atoms with Gasteiger partial charge in [0.2, 0.25) is 6.04 Å². The maximum atomic E-state index is 13.0. The zero-order chi connectivity index (χ0) is 33.4. The molecule has 0 radical (unpaired) electrons. The van der Waals surface area contributed by atoms with Gasteiger partial charge in [0.25, 0.3) is 0 Å². The first kappa shape index (κ1) is 38.9. The second-order valence-corrected chi connectivity index (χ2v) is 24.4. The molecular formula is C31H56N2O8Si2. The van der Waals surface area contributed by atoms with Crippen molar-refractivity contribution in [2.45, 2.75) is 110 Å². The second-order valence-electron chi connectivity index (χ2n) is 14.8. The van der Waals surface area contributed by atoms with Crippen LogP contribution in [0.5, 0.6) is 5.75 Å². The minimum Gasteiger partial charge on any atom is -0.480 e. The van der Waals surface area contributed by atoms with Crippen LogP contribution in [-0.2, 0) is 34.4 Å². The maximum Gasteiger partial charge on any atom is 0.335 e. The number of ether oxygens (including phenoxy) is 2. The van der Waals surface area contributed by atoms with Gasteiger partial charge in [-0.2, -0.15) is 0 Å². The first-order valence-corrected chi connectivity index (χ1v) is 20.7. The Bertz CT molecular complexity index is 1040. The Labute approximate surface area is 260 Å². The number of carboxylic acid groups (broad SMARTS) is 1. The fourth-order valence-corrected chi connectivity index (χ4v) is 5.62. The SMILES string of the molecule is CC(C)(Cc1ccc(OC(=O)CN(CCO[Si](C)(C)C(C)(C)C)CCO[Si](C)(C)C(C)(C)C)cc1)OC(=O)[C@H](N)C(=O)O. The van der Waals surface area contributed by atoms with Crippen LogP contribution in [0.2, 0.25) is 36.3 Å². The number of benzene rings is 1. The van der Waals surface area contributed by atoms with Gasteiger partial charge in [0.1, 0.15) is 11.4 Å². The smallest absolute Gasteiger partial charge is 0.335 e. The number of rotatable bonds is 16. The summed E-state index contributed by atoms with van der Waals surface area (Å²) < 4.78 is 23.7. The fourth-order valence-electron chi connectivity index (χ4n) is 3.55. The molecule has 0 unspecified atom stereocenters. The number of nitrogens with two attached hydrogens (primary N) is 1. The minimum atomic E-state index is -1.93. The van der Waals surface area contributed by atoms with Crippen molar-refractivity contribution in [3.8, 4) is 5.75 Å². The third-order valence-corrected chi connectivity index (χ3v) is 17.5. The molecule has 43 heavy (non-hydrogen) atoms. The molecule has 246 valence electrons. The zero-order valence-corrected chi connectivity index (χ0v) is 30.5. The van der Waals surface area contributed by atoms with Crippen LogP contribution in [0.3, 0.4) is 0 Å². The molecular weight excluding hydrogens is 585 g/mol. The normalized spacial score (nSPS) is 14.0. The van der Waals surface area contributed by atoms with E-state index in [0.717, 1.165) is 5.56 Å². The summed E-state index contributed by atoms with van der Waals surface area (Å²) in [6.45, 7) is 27.7. The van der Waals surface area contributed by atoms with Crippen molar-refractivity contribution in [1.29, 1.82) is 0 Å². The Morgan fingerprint density at radius 1 is 0.837 bits per heavy atom. The van der Waals surface area contributed by atoms with Crippen molar-refractivity contribution in [3.63, 3.8) is 0 Å². The summed E-state index contributed by atoms with van der Waals surface area (Å²) in [6, 6.07) is 5.16. The molecule has 0 aliphatic heterocycles. The largest absolute Gasteiger partial charge is 0.480 e. The third-order valence-electron chi connectivity index (χ3n) is 8.39. The lowest BCUT2D eigenvalue weighted by Gasteiger charge is -2.37. The number of nitrogens with zero attached hydrogens (tertiary/aromatic N) is 1. The summed E-state index contributed by atoms with van der Waals surface area (Å²) in [5, 5.41) is 9.11. The lowest BCUT2D eigenvalue weighted by molar-refractivity contribution is -0.163. The quantitative estimate of drug-likeness (QED) is 0.107. The second kappa shape index (κ2) is 15.3. The van der Waals surface area contributed by atoms with Gasteiger partial charge in [-0.25, -0.2) is 9.59 Å². The highest BCUT2D eigenvalue weighted by molar-refractivity contribution is 6.74. The van der Waals surface area contributed by atoms with Crippen LogP contribution in [-0.4, -0.2) is 89.0 Å². The highest BCUT2D eigenvalue weighted by atomic mass is 28.4. The Hall–Kier alpha value is -2.10. The minimum absolute atomic E-state index is 0.0935. The number of carbonyl (C=O) groups is 3. The summed E-state index contributed by atoms with van der Waals surface area (Å²) in [4.78, 5) is 37.9. The lowest BCUT2D eigenvalue weighted by Crippen LogP contribution is -2.45. The topological polar surface area (TPSA) is 138 Å². The van der Waals surface area contributed by atoms with Gasteiger partial charge in [-0.05, 0) is 67.8 Å². The number of carbonyl (C=O) groups excluding carboxylic acids is 2. The molecule has 1 aromatic rings. The average molecular weight is 641 g/mol. The first-order chi connectivity index (χ1) is 19.4. The molecule has 0 aromatic heterocycles. The summed E-state index contributed by atoms with van der Waals surface area (Å²) in [6.07, 6.45) is 0.315. The van der Waals surface area contributed by atoms with Crippen molar-refractivity contribution in [2.75, 3.05) is 32.8 Å². The van der Waals surface area contributed by atoms with E-state index in [1.54, 1.807) is 38.1 Å². The van der Waals surface area contributed by atoms with Crippen LogP contribution in [0, 0.1) is 0 Å². The van der Waals surface area contributed by atoms with Gasteiger partial charge in [-0.1, -0.05) is 53.7 Å². The highest BCUT2D eigenvalue weighted by Gasteiger charge is 2.38. The fraction of sp³-hybridized carbons (Fsp3) is 0.710. The van der Waals surface area contributed by atoms with Crippen molar-refractivity contribution in [1.82, 2.24) is 4.90 Å². The average Bonchev–Trinajstić information content (AvgIpc) is 2.82. The molecule has 10 nitrogen and oxygen atoms in total. The molecule has 0 spiro atoms. The van der Waals surface area contributed by atoms with Crippen LogP contribution < -0.4 is 10.5 Å². The zero-order valence-electron chi connectivity index (χ0n) is 28.5. The summed E-state index contributed by atoms with van der Waals surface area (Å²) in [5.41, 5.74) is 5.18. The molecule has 12 heteroatoms. The molecule has 0 aliphatic rings. The molecule has 0 saturated carbocycles. The summed E-state index contributed by atoms with van der Waals surface area (Å²) in [7, 11) is -3.86. The Balaban J connectivity index is 2.84. The van der Waals surface area contributed by atoms with E-state index >= 15 is 0 Å². The Morgan fingerprint density at radius 3 is 1.67 bits per heavy atom. The molecule has 0 heterocycles. The number of aliphatic carboxylic acids is 1. The van der Waals surface area contributed by atoms with Crippen LogP contribution in [0.25, 0.3) is 0 Å². The van der Waals surface area contributed by atoms with E-state index in [1.807, 2.05) is 4.90 Å². The Morgan fingerprint density at radius 2 is 1.28 bits per heavy atom. The van der Waals surface area contributed by atoms with E-state index in [9.17, 15) is 14.4 Å². The molecule has 0 amide bonds. The predicted octanol–water partition coefficient (Wildman–Crippen LogP) is 5.21. The van der Waals surface area contributed by atoms with Crippen LogP contribution >= 0.6 is 0 Å². The van der Waals surface area contributed by atoms with Gasteiger partial charge in [0.05, 0.1) is 6.54 Å². The third kappa shape index (κ3) is 13.2. The molecule has 3 N–H and O–H groups in total. The maximum absolute atomic E-state index is 13.0. The molecule has 1 aromatic carbocycles. The molecule has 0 aliphatic carbocycles. The van der Waals surface area contributed by atoms with Gasteiger partial charge in [-0.3, -0.25) is 9.69 Å². The van der Waals surface area contributed by atoms with Gasteiger partial charge >= 0.3 is 17.9 Å².